The van der Waals surface area contributed by atoms with E-state index in [1.165, 1.54) is 6.07 Å². The number of anilines is 1. The van der Waals surface area contributed by atoms with E-state index >= 15 is 0 Å². The van der Waals surface area contributed by atoms with Crippen LogP contribution in [0.1, 0.15) is 12.5 Å². The van der Waals surface area contributed by atoms with Crippen LogP contribution in [0, 0.1) is 0 Å². The van der Waals surface area contributed by atoms with Crippen molar-refractivity contribution in [3.05, 3.63) is 54.1 Å². The predicted molar refractivity (Wildman–Crippen MR) is 80.2 cm³/mol. The summed E-state index contributed by atoms with van der Waals surface area (Å²) in [5.74, 6) is -0.174. The van der Waals surface area contributed by atoms with E-state index in [2.05, 4.69) is 10.5 Å². The molecule has 7 heteroatoms. The number of nitrogens with one attached hydrogen (secondary N) is 1. The Kier molecular flexibility index (Phi) is 4.25. The van der Waals surface area contributed by atoms with Crippen molar-refractivity contribution in [1.29, 1.82) is 0 Å². The molecule has 110 valence electrons. The highest BCUT2D eigenvalue weighted by molar-refractivity contribution is 7.85. The second-order valence-corrected chi connectivity index (χ2v) is 5.75. The molecule has 0 aliphatic carbocycles. The molecule has 0 spiro atoms. The number of hydrazone groups is 1. The van der Waals surface area contributed by atoms with Gasteiger partial charge in [0.05, 0.1) is 16.3 Å². The van der Waals surface area contributed by atoms with Gasteiger partial charge in [0.2, 0.25) is 0 Å². The molecule has 0 fully saturated rings. The van der Waals surface area contributed by atoms with E-state index in [1.807, 2.05) is 30.3 Å². The lowest BCUT2D eigenvalue weighted by atomic mass is 10.1. The Hall–Kier alpha value is -2.38. The molecule has 0 unspecified atom stereocenters. The Morgan fingerprint density at radius 3 is 2.43 bits per heavy atom. The summed E-state index contributed by atoms with van der Waals surface area (Å²) in [7, 11) is -4.33. The smallest absolute Gasteiger partial charge is 0.294 e. The van der Waals surface area contributed by atoms with Gasteiger partial charge in [-0.25, -0.2) is 0 Å². The second-order valence-electron chi connectivity index (χ2n) is 4.33. The first kappa shape index (κ1) is 15.0. The Bertz CT molecular complexity index is 771. The predicted octanol–water partition coefficient (Wildman–Crippen LogP) is 2.48. The zero-order chi connectivity index (χ0) is 15.5. The first-order valence-electron chi connectivity index (χ1n) is 6.04. The van der Waals surface area contributed by atoms with Gasteiger partial charge in [-0.1, -0.05) is 30.3 Å². The molecule has 0 heterocycles. The van der Waals surface area contributed by atoms with E-state index in [-0.39, 0.29) is 16.3 Å². The second kappa shape index (κ2) is 5.94. The first-order chi connectivity index (χ1) is 9.88. The summed E-state index contributed by atoms with van der Waals surface area (Å²) in [5.41, 5.74) is 4.21. The van der Waals surface area contributed by atoms with Gasteiger partial charge in [-0.2, -0.15) is 13.5 Å². The maximum absolute atomic E-state index is 11.1. The van der Waals surface area contributed by atoms with Gasteiger partial charge in [0.15, 0.2) is 0 Å². The molecular formula is C14H14N2O4S. The molecular weight excluding hydrogens is 292 g/mol. The standard InChI is InChI=1S/C14H14N2O4S/c1-10(11-5-3-2-4-6-11)15-16-13-9-12(21(18,19)20)7-8-14(13)17/h2-9,16-17H,1H3,(H,18,19,20)/b15-10-. The molecule has 0 bridgehead atoms. The number of rotatable bonds is 4. The van der Waals surface area contributed by atoms with Gasteiger partial charge in [0.1, 0.15) is 5.75 Å². The number of phenols is 1. The fourth-order valence-corrected chi connectivity index (χ4v) is 2.16. The van der Waals surface area contributed by atoms with Gasteiger partial charge in [0.25, 0.3) is 10.1 Å². The molecule has 0 atom stereocenters. The molecule has 3 N–H and O–H groups in total. The summed E-state index contributed by atoms with van der Waals surface area (Å²) in [6, 6.07) is 12.7. The Morgan fingerprint density at radius 1 is 1.14 bits per heavy atom. The van der Waals surface area contributed by atoms with Crippen molar-refractivity contribution in [3.8, 4) is 5.75 Å². The minimum atomic E-state index is -4.33. The van der Waals surface area contributed by atoms with Crippen LogP contribution >= 0.6 is 0 Å². The fourth-order valence-electron chi connectivity index (χ4n) is 1.65. The highest BCUT2D eigenvalue weighted by atomic mass is 32.2. The van der Waals surface area contributed by atoms with Crippen molar-refractivity contribution < 1.29 is 18.1 Å². The van der Waals surface area contributed by atoms with Crippen LogP contribution in [-0.4, -0.2) is 23.8 Å². The number of hydrogen-bond donors (Lipinski definition) is 3. The molecule has 21 heavy (non-hydrogen) atoms. The van der Waals surface area contributed by atoms with Crippen molar-refractivity contribution in [2.75, 3.05) is 5.43 Å². The van der Waals surface area contributed by atoms with Gasteiger partial charge in [-0.05, 0) is 30.7 Å². The van der Waals surface area contributed by atoms with Crippen LogP contribution in [0.2, 0.25) is 0 Å². The van der Waals surface area contributed by atoms with Crippen molar-refractivity contribution >= 4 is 21.5 Å². The average molecular weight is 306 g/mol. The third-order valence-corrected chi connectivity index (χ3v) is 3.65. The van der Waals surface area contributed by atoms with Gasteiger partial charge in [0, 0.05) is 0 Å². The molecule has 0 aromatic heterocycles. The first-order valence-corrected chi connectivity index (χ1v) is 7.48. The molecule has 0 aliphatic heterocycles. The van der Waals surface area contributed by atoms with E-state index in [1.54, 1.807) is 6.92 Å². The van der Waals surface area contributed by atoms with Gasteiger partial charge in [-0.3, -0.25) is 9.98 Å². The van der Waals surface area contributed by atoms with Gasteiger partial charge < -0.3 is 5.11 Å². The van der Waals surface area contributed by atoms with Crippen LogP contribution < -0.4 is 5.43 Å². The van der Waals surface area contributed by atoms with E-state index in [0.29, 0.717) is 5.71 Å². The number of benzene rings is 2. The van der Waals surface area contributed by atoms with E-state index < -0.39 is 10.1 Å². The minimum Gasteiger partial charge on any atom is -0.506 e. The molecule has 0 radical (unpaired) electrons. The Labute approximate surface area is 122 Å². The lowest BCUT2D eigenvalue weighted by molar-refractivity contribution is 0.474. The normalized spacial score (nSPS) is 12.2. The van der Waals surface area contributed by atoms with Crippen molar-refractivity contribution in [2.24, 2.45) is 5.10 Å². The van der Waals surface area contributed by atoms with Crippen LogP contribution in [0.3, 0.4) is 0 Å². The maximum Gasteiger partial charge on any atom is 0.294 e. The molecule has 0 amide bonds. The lowest BCUT2D eigenvalue weighted by Crippen LogP contribution is -2.02. The highest BCUT2D eigenvalue weighted by Gasteiger charge is 2.12. The summed E-state index contributed by atoms with van der Waals surface area (Å²) < 4.78 is 31.1. The third-order valence-electron chi connectivity index (χ3n) is 2.80. The Balaban J connectivity index is 2.28. The quantitative estimate of drug-likeness (QED) is 0.349. The van der Waals surface area contributed by atoms with Crippen LogP contribution in [-0.2, 0) is 10.1 Å². The molecule has 2 aromatic rings. The molecule has 6 nitrogen and oxygen atoms in total. The largest absolute Gasteiger partial charge is 0.506 e. The van der Waals surface area contributed by atoms with E-state index in [0.717, 1.165) is 17.7 Å². The zero-order valence-electron chi connectivity index (χ0n) is 11.2. The molecule has 2 rings (SSSR count). The fraction of sp³-hybridized carbons (Fsp3) is 0.0714. The summed E-state index contributed by atoms with van der Waals surface area (Å²) in [6.45, 7) is 1.77. The number of phenolic OH excluding ortho intramolecular Hbond substituents is 1. The Morgan fingerprint density at radius 2 is 1.81 bits per heavy atom. The number of hydrogen-bond acceptors (Lipinski definition) is 5. The monoisotopic (exact) mass is 306 g/mol. The summed E-state index contributed by atoms with van der Waals surface area (Å²) >= 11 is 0. The van der Waals surface area contributed by atoms with E-state index in [4.69, 9.17) is 4.55 Å². The van der Waals surface area contributed by atoms with E-state index in [9.17, 15) is 13.5 Å². The molecule has 0 aliphatic rings. The third kappa shape index (κ3) is 3.80. The number of aromatic hydroxyl groups is 1. The highest BCUT2D eigenvalue weighted by Crippen LogP contribution is 2.26. The topological polar surface area (TPSA) is 99.0 Å². The molecule has 0 saturated heterocycles. The maximum atomic E-state index is 11.1. The van der Waals surface area contributed by atoms with Crippen LogP contribution in [0.15, 0.2) is 58.5 Å². The lowest BCUT2D eigenvalue weighted by Gasteiger charge is -2.07. The molecule has 2 aromatic carbocycles. The zero-order valence-corrected chi connectivity index (χ0v) is 12.0. The van der Waals surface area contributed by atoms with Crippen LogP contribution in [0.4, 0.5) is 5.69 Å². The molecule has 0 saturated carbocycles. The van der Waals surface area contributed by atoms with Gasteiger partial charge in [-0.15, -0.1) is 0 Å². The van der Waals surface area contributed by atoms with Crippen molar-refractivity contribution in [2.45, 2.75) is 11.8 Å². The van der Waals surface area contributed by atoms with Crippen molar-refractivity contribution in [1.82, 2.24) is 0 Å². The average Bonchev–Trinajstić information content (AvgIpc) is 2.45. The summed E-state index contributed by atoms with van der Waals surface area (Å²) in [5, 5.41) is 13.8. The van der Waals surface area contributed by atoms with Crippen molar-refractivity contribution in [3.63, 3.8) is 0 Å². The number of nitrogens with zero attached hydrogens (tertiary/aromatic N) is 1. The van der Waals surface area contributed by atoms with Crippen LogP contribution in [0.5, 0.6) is 5.75 Å². The van der Waals surface area contributed by atoms with Gasteiger partial charge >= 0.3 is 0 Å². The van der Waals surface area contributed by atoms with Crippen LogP contribution in [0.25, 0.3) is 0 Å². The summed E-state index contributed by atoms with van der Waals surface area (Å²) in [4.78, 5) is -0.324. The SMILES string of the molecule is C/C(=N/Nc1cc(S(=O)(=O)O)ccc1O)c1ccccc1. The minimum absolute atomic E-state index is 0.0837. The summed E-state index contributed by atoms with van der Waals surface area (Å²) in [6.07, 6.45) is 0.